The Kier molecular flexibility index (Phi) is 2.73. The first-order valence-electron chi connectivity index (χ1n) is 4.68. The van der Waals surface area contributed by atoms with Crippen LogP contribution in [0.15, 0.2) is 11.4 Å². The maximum atomic E-state index is 12.6. The van der Waals surface area contributed by atoms with Crippen molar-refractivity contribution in [3.05, 3.63) is 21.9 Å². The molecule has 1 saturated heterocycles. The number of nitrogens with two attached hydrogens (primary N) is 1. The second-order valence-electron chi connectivity index (χ2n) is 3.89. The van der Waals surface area contributed by atoms with Gasteiger partial charge in [0.15, 0.2) is 0 Å². The van der Waals surface area contributed by atoms with Crippen LogP contribution in [0.3, 0.4) is 0 Å². The van der Waals surface area contributed by atoms with Crippen molar-refractivity contribution in [2.24, 2.45) is 5.73 Å². The van der Waals surface area contributed by atoms with E-state index in [1.807, 2.05) is 0 Å². The average molecular weight is 252 g/mol. The highest BCUT2D eigenvalue weighted by Gasteiger charge is 2.45. The molecule has 1 aromatic heterocycles. The molecule has 0 amide bonds. The third-order valence-electron chi connectivity index (χ3n) is 2.73. The monoisotopic (exact) mass is 252 g/mol. The Morgan fingerprint density at radius 2 is 2.12 bits per heavy atom. The Morgan fingerprint density at radius 3 is 2.56 bits per heavy atom. The zero-order valence-electron chi connectivity index (χ0n) is 8.21. The molecule has 1 aliphatic rings. The van der Waals surface area contributed by atoms with E-state index in [9.17, 15) is 18.3 Å². The summed E-state index contributed by atoms with van der Waals surface area (Å²) in [7, 11) is 0. The van der Waals surface area contributed by atoms with E-state index in [4.69, 9.17) is 5.73 Å². The molecule has 3 nitrogen and oxygen atoms in total. The van der Waals surface area contributed by atoms with E-state index in [0.717, 1.165) is 0 Å². The second-order valence-corrected chi connectivity index (χ2v) is 4.80. The van der Waals surface area contributed by atoms with Crippen LogP contribution in [0, 0.1) is 0 Å². The Hall–Kier alpha value is -0.630. The Labute approximate surface area is 94.1 Å². The van der Waals surface area contributed by atoms with Crippen molar-refractivity contribution in [1.82, 2.24) is 5.32 Å². The minimum absolute atomic E-state index is 0.0264. The van der Waals surface area contributed by atoms with E-state index in [0.29, 0.717) is 11.3 Å². The third-order valence-corrected chi connectivity index (χ3v) is 3.70. The SMILES string of the molecule is NC(c1ccsc1C(F)(F)F)C1(O)CNC1. The van der Waals surface area contributed by atoms with Crippen molar-refractivity contribution < 1.29 is 18.3 Å². The lowest BCUT2D eigenvalue weighted by molar-refractivity contribution is -0.136. The van der Waals surface area contributed by atoms with Crippen LogP contribution in [-0.2, 0) is 6.18 Å². The van der Waals surface area contributed by atoms with E-state index in [2.05, 4.69) is 5.32 Å². The smallest absolute Gasteiger partial charge is 0.385 e. The highest BCUT2D eigenvalue weighted by molar-refractivity contribution is 7.10. The molecule has 0 spiro atoms. The standard InChI is InChI=1S/C9H11F3N2OS/c10-9(11,12)7-5(1-2-16-7)6(13)8(15)3-14-4-8/h1-2,6,14-15H,3-4,13H2. The van der Waals surface area contributed by atoms with Gasteiger partial charge >= 0.3 is 6.18 Å². The largest absolute Gasteiger partial charge is 0.425 e. The van der Waals surface area contributed by atoms with Gasteiger partial charge in [-0.3, -0.25) is 0 Å². The van der Waals surface area contributed by atoms with Crippen molar-refractivity contribution in [3.63, 3.8) is 0 Å². The molecule has 0 aliphatic carbocycles. The fourth-order valence-electron chi connectivity index (χ4n) is 1.68. The van der Waals surface area contributed by atoms with E-state index >= 15 is 0 Å². The maximum Gasteiger partial charge on any atom is 0.425 e. The molecule has 1 unspecified atom stereocenters. The molecular formula is C9H11F3N2OS. The fourth-order valence-corrected chi connectivity index (χ4v) is 2.50. The molecule has 0 aromatic carbocycles. The Balaban J connectivity index is 2.30. The van der Waals surface area contributed by atoms with Crippen LogP contribution in [0.4, 0.5) is 13.2 Å². The van der Waals surface area contributed by atoms with Crippen molar-refractivity contribution in [3.8, 4) is 0 Å². The Bertz CT molecular complexity index is 386. The van der Waals surface area contributed by atoms with Gasteiger partial charge in [-0.05, 0) is 17.0 Å². The lowest BCUT2D eigenvalue weighted by atomic mass is 9.84. The van der Waals surface area contributed by atoms with Crippen LogP contribution in [0.25, 0.3) is 0 Å². The molecule has 0 radical (unpaired) electrons. The van der Waals surface area contributed by atoms with Gasteiger partial charge in [0.05, 0.1) is 6.04 Å². The normalized spacial score (nSPS) is 21.6. The van der Waals surface area contributed by atoms with Crippen molar-refractivity contribution in [1.29, 1.82) is 0 Å². The highest BCUT2D eigenvalue weighted by Crippen LogP contribution is 2.40. The molecule has 4 N–H and O–H groups in total. The summed E-state index contributed by atoms with van der Waals surface area (Å²) in [4.78, 5) is -0.722. The van der Waals surface area contributed by atoms with Gasteiger partial charge in [0.1, 0.15) is 10.5 Å². The molecule has 1 fully saturated rings. The molecule has 2 rings (SSSR count). The summed E-state index contributed by atoms with van der Waals surface area (Å²) < 4.78 is 37.8. The molecule has 1 aliphatic heterocycles. The van der Waals surface area contributed by atoms with E-state index in [1.54, 1.807) is 0 Å². The summed E-state index contributed by atoms with van der Waals surface area (Å²) in [5.74, 6) is 0. The minimum Gasteiger partial charge on any atom is -0.385 e. The first-order chi connectivity index (χ1) is 7.34. The molecule has 0 saturated carbocycles. The fraction of sp³-hybridized carbons (Fsp3) is 0.556. The number of β-amino-alcohol motifs (C(OH)–C–C–N with tert-alkyl or cyclic N) is 1. The zero-order chi connectivity index (χ0) is 12.0. The van der Waals surface area contributed by atoms with Gasteiger partial charge in [0.2, 0.25) is 0 Å². The second kappa shape index (κ2) is 3.69. The number of halogens is 3. The lowest BCUT2D eigenvalue weighted by Gasteiger charge is -2.42. The van der Waals surface area contributed by atoms with Gasteiger partial charge in [-0.25, -0.2) is 0 Å². The van der Waals surface area contributed by atoms with E-state index < -0.39 is 22.7 Å². The van der Waals surface area contributed by atoms with Gasteiger partial charge < -0.3 is 16.2 Å². The number of aliphatic hydroxyl groups is 1. The van der Waals surface area contributed by atoms with Crippen LogP contribution < -0.4 is 11.1 Å². The summed E-state index contributed by atoms with van der Waals surface area (Å²) in [6.07, 6.45) is -4.41. The van der Waals surface area contributed by atoms with Crippen LogP contribution in [0.5, 0.6) is 0 Å². The number of rotatable bonds is 2. The average Bonchev–Trinajstić information content (AvgIpc) is 2.60. The molecule has 0 bridgehead atoms. The van der Waals surface area contributed by atoms with Crippen molar-refractivity contribution in [2.75, 3.05) is 13.1 Å². The van der Waals surface area contributed by atoms with Gasteiger partial charge in [0.25, 0.3) is 0 Å². The molecule has 7 heteroatoms. The quantitative estimate of drug-likeness (QED) is 0.738. The summed E-state index contributed by atoms with van der Waals surface area (Å²) in [5.41, 5.74) is 4.40. The first kappa shape index (κ1) is 11.8. The summed E-state index contributed by atoms with van der Waals surface area (Å²) >= 11 is 0.599. The summed E-state index contributed by atoms with van der Waals surface area (Å²) in [6.45, 7) is 0.447. The van der Waals surface area contributed by atoms with Crippen molar-refractivity contribution in [2.45, 2.75) is 17.8 Å². The summed E-state index contributed by atoms with van der Waals surface area (Å²) in [5, 5.41) is 14.0. The molecular weight excluding hydrogens is 241 g/mol. The minimum atomic E-state index is -4.41. The van der Waals surface area contributed by atoms with Gasteiger partial charge in [-0.1, -0.05) is 0 Å². The van der Waals surface area contributed by atoms with Gasteiger partial charge in [-0.15, -0.1) is 11.3 Å². The molecule has 90 valence electrons. The number of hydrogen-bond donors (Lipinski definition) is 3. The van der Waals surface area contributed by atoms with Crippen LogP contribution in [-0.4, -0.2) is 23.8 Å². The predicted molar refractivity (Wildman–Crippen MR) is 54.1 cm³/mol. The van der Waals surface area contributed by atoms with E-state index in [-0.39, 0.29) is 18.7 Å². The number of alkyl halides is 3. The Morgan fingerprint density at radius 1 is 1.50 bits per heavy atom. The highest BCUT2D eigenvalue weighted by atomic mass is 32.1. The number of hydrogen-bond acceptors (Lipinski definition) is 4. The lowest BCUT2D eigenvalue weighted by Crippen LogP contribution is -2.64. The van der Waals surface area contributed by atoms with Crippen molar-refractivity contribution >= 4 is 11.3 Å². The number of thiophene rings is 1. The predicted octanol–water partition coefficient (Wildman–Crippen LogP) is 1.10. The first-order valence-corrected chi connectivity index (χ1v) is 5.56. The topological polar surface area (TPSA) is 58.3 Å². The summed E-state index contributed by atoms with van der Waals surface area (Å²) in [6, 6.07) is 0.325. The van der Waals surface area contributed by atoms with Gasteiger partial charge in [-0.2, -0.15) is 13.2 Å². The van der Waals surface area contributed by atoms with Crippen LogP contribution in [0.2, 0.25) is 0 Å². The van der Waals surface area contributed by atoms with Crippen LogP contribution in [0.1, 0.15) is 16.5 Å². The van der Waals surface area contributed by atoms with Crippen LogP contribution >= 0.6 is 11.3 Å². The molecule has 1 atom stereocenters. The zero-order valence-corrected chi connectivity index (χ0v) is 9.03. The molecule has 2 heterocycles. The maximum absolute atomic E-state index is 12.6. The van der Waals surface area contributed by atoms with Gasteiger partial charge in [0, 0.05) is 13.1 Å². The number of nitrogens with one attached hydrogen (secondary N) is 1. The molecule has 1 aromatic rings. The molecule has 16 heavy (non-hydrogen) atoms. The van der Waals surface area contributed by atoms with E-state index in [1.165, 1.54) is 11.4 Å². The third kappa shape index (κ3) is 1.84.